The summed E-state index contributed by atoms with van der Waals surface area (Å²) in [7, 11) is 1.45. The molecular weight excluding hydrogens is 354 g/mol. The lowest BCUT2D eigenvalue weighted by Crippen LogP contribution is -2.40. The predicted octanol–water partition coefficient (Wildman–Crippen LogP) is 2.85. The van der Waals surface area contributed by atoms with Crippen molar-refractivity contribution in [3.8, 4) is 11.8 Å². The number of carbonyl (C=O) groups is 1. The van der Waals surface area contributed by atoms with Gasteiger partial charge in [0.2, 0.25) is 5.90 Å². The summed E-state index contributed by atoms with van der Waals surface area (Å²) in [5.74, 6) is 6.45. The zero-order valence-corrected chi connectivity index (χ0v) is 15.9. The number of carbonyl (C=O) groups excluding carboxylic acids is 1. The fourth-order valence-electron chi connectivity index (χ4n) is 2.83. The Hall–Kier alpha value is -3.30. The molecule has 0 saturated heterocycles. The van der Waals surface area contributed by atoms with Gasteiger partial charge in [-0.15, -0.1) is 0 Å². The zero-order chi connectivity index (χ0) is 19.9. The summed E-state index contributed by atoms with van der Waals surface area (Å²) in [5, 5.41) is 12.6. The Morgan fingerprint density at radius 3 is 2.86 bits per heavy atom. The highest BCUT2D eigenvalue weighted by Gasteiger charge is 2.20. The molecule has 0 radical (unpaired) electrons. The normalized spacial score (nSPS) is 16.2. The molecule has 6 heteroatoms. The smallest absolute Gasteiger partial charge is 0.342 e. The number of nitrogens with zero attached hydrogens (tertiary/aromatic N) is 2. The molecule has 0 bridgehead atoms. The Morgan fingerprint density at radius 2 is 2.11 bits per heavy atom. The first-order chi connectivity index (χ1) is 13.6. The van der Waals surface area contributed by atoms with Crippen LogP contribution < -0.4 is 5.32 Å². The molecular formula is C22H23N3O3. The van der Waals surface area contributed by atoms with Crippen molar-refractivity contribution in [2.45, 2.75) is 25.4 Å². The summed E-state index contributed by atoms with van der Waals surface area (Å²) in [6.45, 7) is 2.20. The summed E-state index contributed by atoms with van der Waals surface area (Å²) in [6.07, 6.45) is 0.840. The van der Waals surface area contributed by atoms with Crippen LogP contribution in [0, 0.1) is 11.8 Å². The highest BCUT2D eigenvalue weighted by atomic mass is 16.5. The molecule has 6 nitrogen and oxygen atoms in total. The Labute approximate surface area is 164 Å². The third-order valence-corrected chi connectivity index (χ3v) is 4.35. The first kappa shape index (κ1) is 19.5. The van der Waals surface area contributed by atoms with Crippen molar-refractivity contribution < 1.29 is 14.7 Å². The number of hydrogen-bond donors (Lipinski definition) is 2. The van der Waals surface area contributed by atoms with E-state index in [9.17, 15) is 10.0 Å². The number of urea groups is 1. The van der Waals surface area contributed by atoms with Crippen molar-refractivity contribution in [1.82, 2.24) is 10.4 Å². The molecule has 1 heterocycles. The fraction of sp³-hybridized carbons (Fsp3) is 0.273. The molecule has 0 fully saturated rings. The number of ether oxygens (including phenoxy) is 1. The molecule has 2 atom stereocenters. The second kappa shape index (κ2) is 9.07. The topological polar surface area (TPSA) is 74.2 Å². The second-order valence-electron chi connectivity index (χ2n) is 6.51. The van der Waals surface area contributed by atoms with E-state index in [4.69, 9.17) is 9.73 Å². The molecule has 1 aliphatic heterocycles. The molecule has 0 saturated carbocycles. The van der Waals surface area contributed by atoms with Crippen molar-refractivity contribution in [1.29, 1.82) is 0 Å². The van der Waals surface area contributed by atoms with Crippen LogP contribution in [0.2, 0.25) is 0 Å². The predicted molar refractivity (Wildman–Crippen MR) is 107 cm³/mol. The van der Waals surface area contributed by atoms with Gasteiger partial charge in [0.25, 0.3) is 0 Å². The third-order valence-electron chi connectivity index (χ3n) is 4.35. The largest absolute Gasteiger partial charge is 0.475 e. The number of rotatable bonds is 4. The van der Waals surface area contributed by atoms with E-state index >= 15 is 0 Å². The van der Waals surface area contributed by atoms with Gasteiger partial charge < -0.3 is 10.1 Å². The Balaban J connectivity index is 1.69. The van der Waals surface area contributed by atoms with Gasteiger partial charge in [-0.3, -0.25) is 5.21 Å². The number of nitrogens with one attached hydrogen (secondary N) is 1. The van der Waals surface area contributed by atoms with Crippen molar-refractivity contribution in [3.63, 3.8) is 0 Å². The molecule has 0 spiro atoms. The van der Waals surface area contributed by atoms with E-state index in [0.717, 1.165) is 17.5 Å². The van der Waals surface area contributed by atoms with Crippen LogP contribution in [0.4, 0.5) is 4.79 Å². The molecule has 1 unspecified atom stereocenters. The second-order valence-corrected chi connectivity index (χ2v) is 6.51. The van der Waals surface area contributed by atoms with Gasteiger partial charge >= 0.3 is 6.03 Å². The van der Waals surface area contributed by atoms with Crippen LogP contribution in [0.5, 0.6) is 0 Å². The summed E-state index contributed by atoms with van der Waals surface area (Å²) < 4.78 is 5.79. The maximum atomic E-state index is 11.4. The Morgan fingerprint density at radius 1 is 1.32 bits per heavy atom. The minimum Gasteiger partial charge on any atom is -0.475 e. The van der Waals surface area contributed by atoms with Gasteiger partial charge in [-0.2, -0.15) is 5.06 Å². The van der Waals surface area contributed by atoms with Crippen LogP contribution in [0.15, 0.2) is 59.6 Å². The summed E-state index contributed by atoms with van der Waals surface area (Å²) in [4.78, 5) is 16.1. The molecule has 0 aromatic heterocycles. The number of benzene rings is 2. The van der Waals surface area contributed by atoms with Crippen LogP contribution in [0.3, 0.4) is 0 Å². The third kappa shape index (κ3) is 4.90. The van der Waals surface area contributed by atoms with Gasteiger partial charge in [0, 0.05) is 18.2 Å². The van der Waals surface area contributed by atoms with Crippen molar-refractivity contribution >= 4 is 11.9 Å². The fourth-order valence-corrected chi connectivity index (χ4v) is 2.83. The summed E-state index contributed by atoms with van der Waals surface area (Å²) >= 11 is 0. The number of aliphatic imine (C=N–C) groups is 1. The lowest BCUT2D eigenvalue weighted by Gasteiger charge is -2.16. The molecule has 2 aromatic rings. The van der Waals surface area contributed by atoms with E-state index in [2.05, 4.69) is 29.3 Å². The van der Waals surface area contributed by atoms with Crippen molar-refractivity contribution in [2.75, 3.05) is 13.7 Å². The molecule has 2 amide bonds. The van der Waals surface area contributed by atoms with Crippen LogP contribution in [-0.2, 0) is 11.2 Å². The van der Waals surface area contributed by atoms with E-state index in [1.807, 2.05) is 42.5 Å². The van der Waals surface area contributed by atoms with Gasteiger partial charge in [-0.25, -0.2) is 9.79 Å². The quantitative estimate of drug-likeness (QED) is 0.489. The Bertz CT molecular complexity index is 915. The standard InChI is InChI=1S/C22H23N3O3/c1-16(25(27)22(26)23-2)11-12-18-9-6-10-19(13-18)21-24-20(15-28-21)14-17-7-4-3-5-8-17/h3-10,13,16,20,27H,14-15H2,1-2H3,(H,23,26)/t16?,20-/m0/s1. The van der Waals surface area contributed by atoms with Gasteiger partial charge in [-0.1, -0.05) is 48.2 Å². The first-order valence-corrected chi connectivity index (χ1v) is 9.13. The van der Waals surface area contributed by atoms with E-state index in [-0.39, 0.29) is 6.04 Å². The van der Waals surface area contributed by atoms with E-state index < -0.39 is 12.1 Å². The molecule has 28 heavy (non-hydrogen) atoms. The van der Waals surface area contributed by atoms with Crippen LogP contribution in [0.25, 0.3) is 0 Å². The van der Waals surface area contributed by atoms with Gasteiger partial charge in [0.05, 0.1) is 6.04 Å². The monoisotopic (exact) mass is 377 g/mol. The van der Waals surface area contributed by atoms with Crippen LogP contribution in [-0.4, -0.2) is 47.9 Å². The van der Waals surface area contributed by atoms with Crippen molar-refractivity contribution in [3.05, 3.63) is 71.3 Å². The minimum atomic E-state index is -0.640. The molecule has 2 N–H and O–H groups in total. The average molecular weight is 377 g/mol. The number of amides is 2. The molecule has 2 aromatic carbocycles. The molecule has 0 aliphatic carbocycles. The lowest BCUT2D eigenvalue weighted by atomic mass is 10.1. The van der Waals surface area contributed by atoms with E-state index in [1.54, 1.807) is 6.92 Å². The van der Waals surface area contributed by atoms with Gasteiger partial charge in [-0.05, 0) is 37.1 Å². The maximum Gasteiger partial charge on any atom is 0.342 e. The number of hydrogen-bond acceptors (Lipinski definition) is 4. The minimum absolute atomic E-state index is 0.0997. The Kier molecular flexibility index (Phi) is 6.30. The molecule has 1 aliphatic rings. The van der Waals surface area contributed by atoms with Crippen molar-refractivity contribution in [2.24, 2.45) is 4.99 Å². The zero-order valence-electron chi connectivity index (χ0n) is 15.9. The molecule has 3 rings (SSSR count). The maximum absolute atomic E-state index is 11.4. The SMILES string of the molecule is CNC(=O)N(O)C(C)C#Cc1cccc(C2=N[C@@H](Cc3ccccc3)CO2)c1. The number of hydroxylamine groups is 2. The summed E-state index contributed by atoms with van der Waals surface area (Å²) in [6, 6.07) is 16.7. The lowest BCUT2D eigenvalue weighted by molar-refractivity contribution is -0.0566. The van der Waals surface area contributed by atoms with Gasteiger partial charge in [0.15, 0.2) is 0 Å². The highest BCUT2D eigenvalue weighted by Crippen LogP contribution is 2.16. The van der Waals surface area contributed by atoms with Crippen LogP contribution in [0.1, 0.15) is 23.6 Å². The molecule has 144 valence electrons. The highest BCUT2D eigenvalue weighted by molar-refractivity contribution is 5.95. The van der Waals surface area contributed by atoms with E-state index in [1.165, 1.54) is 12.6 Å². The van der Waals surface area contributed by atoms with E-state index in [0.29, 0.717) is 17.6 Å². The average Bonchev–Trinajstić information content (AvgIpc) is 3.20. The van der Waals surface area contributed by atoms with Crippen LogP contribution >= 0.6 is 0 Å². The van der Waals surface area contributed by atoms with Gasteiger partial charge in [0.1, 0.15) is 12.6 Å². The first-order valence-electron chi connectivity index (χ1n) is 9.13. The summed E-state index contributed by atoms with van der Waals surface area (Å²) in [5.41, 5.74) is 2.86.